The molecule has 0 amide bonds. The molecule has 0 unspecified atom stereocenters. The minimum atomic E-state index is -3.25. The van der Waals surface area contributed by atoms with Gasteiger partial charge in [-0.1, -0.05) is 6.92 Å². The highest BCUT2D eigenvalue weighted by molar-refractivity contribution is 7.89. The van der Waals surface area contributed by atoms with Crippen molar-refractivity contribution in [3.05, 3.63) is 0 Å². The predicted octanol–water partition coefficient (Wildman–Crippen LogP) is 1.81. The molecule has 0 aromatic heterocycles. The number of nitrogens with one attached hydrogen (secondary N) is 1. The van der Waals surface area contributed by atoms with Crippen LogP contribution in [0.4, 0.5) is 0 Å². The zero-order valence-electron chi connectivity index (χ0n) is 14.5. The molecule has 4 fully saturated rings. The lowest BCUT2D eigenvalue weighted by atomic mass is 9.62. The quantitative estimate of drug-likeness (QED) is 0.691. The summed E-state index contributed by atoms with van der Waals surface area (Å²) < 4.78 is 28.1. The third kappa shape index (κ3) is 4.11. The number of rotatable bonds is 8. The molecule has 0 aromatic rings. The first-order valence-electron chi connectivity index (χ1n) is 9.27. The van der Waals surface area contributed by atoms with Gasteiger partial charge in [-0.25, -0.2) is 13.1 Å². The summed E-state index contributed by atoms with van der Waals surface area (Å²) in [5, 5.41) is 8.92. The van der Waals surface area contributed by atoms with E-state index in [0.29, 0.717) is 6.54 Å². The Morgan fingerprint density at radius 3 is 2.29 bits per heavy atom. The van der Waals surface area contributed by atoms with E-state index in [2.05, 4.69) is 4.72 Å². The molecule has 2 N–H and O–H groups in total. The smallest absolute Gasteiger partial charge is 0.317 e. The second-order valence-corrected chi connectivity index (χ2v) is 9.89. The van der Waals surface area contributed by atoms with Gasteiger partial charge in [0, 0.05) is 12.1 Å². The van der Waals surface area contributed by atoms with Gasteiger partial charge in [0.2, 0.25) is 10.0 Å². The molecule has 24 heavy (non-hydrogen) atoms. The van der Waals surface area contributed by atoms with Crippen LogP contribution in [0, 0.1) is 11.3 Å². The van der Waals surface area contributed by atoms with Gasteiger partial charge in [0.05, 0.1) is 12.3 Å². The van der Waals surface area contributed by atoms with Crippen LogP contribution in [0.1, 0.15) is 58.3 Å². The molecule has 0 saturated heterocycles. The Balaban J connectivity index is 1.49. The monoisotopic (exact) mass is 358 g/mol. The minimum absolute atomic E-state index is 0.0164. The lowest BCUT2D eigenvalue weighted by Gasteiger charge is -2.47. The normalized spacial score (nSPS) is 35.8. The van der Waals surface area contributed by atoms with Crippen LogP contribution in [0.3, 0.4) is 0 Å². The van der Waals surface area contributed by atoms with Gasteiger partial charge in [-0.2, -0.15) is 0 Å². The van der Waals surface area contributed by atoms with E-state index in [0.717, 1.165) is 38.0 Å². The van der Waals surface area contributed by atoms with E-state index < -0.39 is 16.0 Å². The van der Waals surface area contributed by atoms with Crippen LogP contribution in [-0.2, 0) is 14.8 Å². The van der Waals surface area contributed by atoms with Crippen molar-refractivity contribution >= 4 is 16.0 Å². The molecule has 0 radical (unpaired) electrons. The largest absolute Gasteiger partial charge is 0.480 e. The van der Waals surface area contributed by atoms with Crippen LogP contribution < -0.4 is 4.72 Å². The second-order valence-electron chi connectivity index (χ2n) is 8.14. The SMILES string of the molecule is CCN(CC(=O)O)C1CC(NS(=O)(=O)CC23CCC(CC2)CC3)C1. The molecule has 0 aliphatic heterocycles. The van der Waals surface area contributed by atoms with Crippen molar-refractivity contribution < 1.29 is 18.3 Å². The molecule has 0 atom stereocenters. The van der Waals surface area contributed by atoms with Gasteiger partial charge in [0.15, 0.2) is 0 Å². The molecular formula is C17H30N2O4S. The molecule has 7 heteroatoms. The Morgan fingerprint density at radius 2 is 1.79 bits per heavy atom. The molecular weight excluding hydrogens is 328 g/mol. The van der Waals surface area contributed by atoms with E-state index in [9.17, 15) is 13.2 Å². The average molecular weight is 359 g/mol. The van der Waals surface area contributed by atoms with E-state index >= 15 is 0 Å². The van der Waals surface area contributed by atoms with Gasteiger partial charge < -0.3 is 5.11 Å². The first-order valence-corrected chi connectivity index (χ1v) is 10.9. The summed E-state index contributed by atoms with van der Waals surface area (Å²) in [5.74, 6) is 0.289. The summed E-state index contributed by atoms with van der Waals surface area (Å²) in [7, 11) is -3.25. The lowest BCUT2D eigenvalue weighted by molar-refractivity contribution is -0.139. The van der Waals surface area contributed by atoms with E-state index in [1.54, 1.807) is 0 Å². The molecule has 4 rings (SSSR count). The molecule has 6 nitrogen and oxygen atoms in total. The summed E-state index contributed by atoms with van der Waals surface area (Å²) in [6.07, 6.45) is 8.21. The number of carboxylic acids is 1. The summed E-state index contributed by atoms with van der Waals surface area (Å²) >= 11 is 0. The lowest BCUT2D eigenvalue weighted by Crippen LogP contribution is -2.56. The van der Waals surface area contributed by atoms with Crippen LogP contribution in [0.15, 0.2) is 0 Å². The van der Waals surface area contributed by atoms with Crippen LogP contribution in [0.2, 0.25) is 0 Å². The maximum absolute atomic E-state index is 12.6. The fraction of sp³-hybridized carbons (Fsp3) is 0.941. The predicted molar refractivity (Wildman–Crippen MR) is 92.2 cm³/mol. The number of nitrogens with zero attached hydrogens (tertiary/aromatic N) is 1. The molecule has 4 aliphatic carbocycles. The second kappa shape index (κ2) is 6.92. The van der Waals surface area contributed by atoms with Crippen LogP contribution in [-0.4, -0.2) is 55.3 Å². The number of sulfonamides is 1. The maximum atomic E-state index is 12.6. The summed E-state index contributed by atoms with van der Waals surface area (Å²) in [4.78, 5) is 12.8. The van der Waals surface area contributed by atoms with Gasteiger partial charge in [-0.05, 0) is 69.2 Å². The Bertz CT molecular complexity index is 549. The van der Waals surface area contributed by atoms with Gasteiger partial charge in [0.25, 0.3) is 0 Å². The number of fused-ring (bicyclic) bond motifs is 3. The third-order valence-corrected chi connectivity index (χ3v) is 8.15. The number of aliphatic carboxylic acids is 1. The fourth-order valence-electron chi connectivity index (χ4n) is 4.91. The van der Waals surface area contributed by atoms with E-state index in [1.807, 2.05) is 11.8 Å². The third-order valence-electron chi connectivity index (χ3n) is 6.47. The summed E-state index contributed by atoms with van der Waals surface area (Å²) in [6.45, 7) is 2.66. The summed E-state index contributed by atoms with van der Waals surface area (Å²) in [5.41, 5.74) is 0.0164. The molecule has 4 saturated carbocycles. The van der Waals surface area contributed by atoms with E-state index in [4.69, 9.17) is 5.11 Å². The average Bonchev–Trinajstić information content (AvgIpc) is 2.49. The highest BCUT2D eigenvalue weighted by atomic mass is 32.2. The van der Waals surface area contributed by atoms with Crippen molar-refractivity contribution in [2.75, 3.05) is 18.8 Å². The van der Waals surface area contributed by atoms with Gasteiger partial charge in [-0.15, -0.1) is 0 Å². The summed E-state index contributed by atoms with van der Waals surface area (Å²) in [6, 6.07) is 0.154. The van der Waals surface area contributed by atoms with E-state index in [1.165, 1.54) is 19.3 Å². The molecule has 138 valence electrons. The number of carbonyl (C=O) groups is 1. The first kappa shape index (κ1) is 18.1. The topological polar surface area (TPSA) is 86.7 Å². The molecule has 2 bridgehead atoms. The van der Waals surface area contributed by atoms with Crippen molar-refractivity contribution in [2.24, 2.45) is 11.3 Å². The van der Waals surface area contributed by atoms with Crippen molar-refractivity contribution in [3.63, 3.8) is 0 Å². The molecule has 4 aliphatic rings. The zero-order valence-corrected chi connectivity index (χ0v) is 15.4. The van der Waals surface area contributed by atoms with Gasteiger partial charge in [-0.3, -0.25) is 9.69 Å². The molecule has 0 aromatic carbocycles. The van der Waals surface area contributed by atoms with Crippen molar-refractivity contribution in [3.8, 4) is 0 Å². The Hall–Kier alpha value is -0.660. The van der Waals surface area contributed by atoms with Crippen molar-refractivity contribution in [2.45, 2.75) is 70.4 Å². The van der Waals surface area contributed by atoms with Gasteiger partial charge >= 0.3 is 5.97 Å². The standard InChI is InChI=1S/C17H30N2O4S/c1-2-19(11-16(20)21)15-9-14(10-15)18-24(22,23)12-17-6-3-13(4-7-17)5-8-17/h13-15,18H,2-12H2,1H3,(H,20,21). The highest BCUT2D eigenvalue weighted by Gasteiger charge is 2.44. The van der Waals surface area contributed by atoms with E-state index in [-0.39, 0.29) is 29.8 Å². The van der Waals surface area contributed by atoms with Crippen molar-refractivity contribution in [1.29, 1.82) is 0 Å². The minimum Gasteiger partial charge on any atom is -0.480 e. The van der Waals surface area contributed by atoms with Gasteiger partial charge in [0.1, 0.15) is 0 Å². The Kier molecular flexibility index (Phi) is 5.23. The Labute approximate surface area is 145 Å². The van der Waals surface area contributed by atoms with Crippen LogP contribution in [0.25, 0.3) is 0 Å². The number of hydrogen-bond donors (Lipinski definition) is 2. The number of hydrogen-bond acceptors (Lipinski definition) is 4. The Morgan fingerprint density at radius 1 is 1.21 bits per heavy atom. The molecule has 0 heterocycles. The van der Waals surface area contributed by atoms with Crippen molar-refractivity contribution in [1.82, 2.24) is 9.62 Å². The first-order chi connectivity index (χ1) is 11.3. The molecule has 0 spiro atoms. The highest BCUT2D eigenvalue weighted by Crippen LogP contribution is 2.50. The number of likely N-dealkylation sites (N-methyl/N-ethyl adjacent to an activating group) is 1. The number of carboxylic acid groups (broad SMARTS) is 1. The van der Waals surface area contributed by atoms with Crippen LogP contribution in [0.5, 0.6) is 0 Å². The fourth-order valence-corrected chi connectivity index (χ4v) is 6.93. The maximum Gasteiger partial charge on any atom is 0.317 e. The van der Waals surface area contributed by atoms with Crippen LogP contribution >= 0.6 is 0 Å². The zero-order chi connectivity index (χ0) is 17.4.